The van der Waals surface area contributed by atoms with Gasteiger partial charge in [-0.05, 0) is 188 Å². The lowest BCUT2D eigenvalue weighted by Crippen LogP contribution is -2.19. The van der Waals surface area contributed by atoms with Gasteiger partial charge in [0.05, 0.1) is 16.4 Å². The molecule has 0 fully saturated rings. The highest BCUT2D eigenvalue weighted by Crippen LogP contribution is 2.48. The van der Waals surface area contributed by atoms with E-state index in [1.807, 2.05) is 53.0 Å². The van der Waals surface area contributed by atoms with E-state index in [1.165, 1.54) is 47.6 Å². The van der Waals surface area contributed by atoms with E-state index < -0.39 is 0 Å². The number of hydrogen-bond acceptors (Lipinski definition) is 10. The fraction of sp³-hybridized carbons (Fsp3) is 0.0119. The van der Waals surface area contributed by atoms with Crippen molar-refractivity contribution >= 4 is 130 Å². The highest BCUT2D eigenvalue weighted by Gasteiger charge is 2.23. The van der Waals surface area contributed by atoms with Crippen molar-refractivity contribution in [2.45, 2.75) is 6.17 Å². The van der Waals surface area contributed by atoms with Gasteiger partial charge in [0.1, 0.15) is 16.6 Å². The summed E-state index contributed by atoms with van der Waals surface area (Å²) in [7, 11) is 0. The largest absolute Gasteiger partial charge is 0.443 e. The third kappa shape index (κ3) is 9.63. The Morgan fingerprint density at radius 3 is 1.67 bits per heavy atom. The van der Waals surface area contributed by atoms with Gasteiger partial charge in [-0.2, -0.15) is 4.80 Å². The zero-order valence-electron chi connectivity index (χ0n) is 50.8. The second-order valence-corrected chi connectivity index (χ2v) is 26.2. The summed E-state index contributed by atoms with van der Waals surface area (Å²) >= 11 is 3.65. The number of thiophene rings is 2. The molecule has 95 heavy (non-hydrogen) atoms. The average Bonchev–Trinajstić information content (AvgIpc) is 1.73. The van der Waals surface area contributed by atoms with Crippen LogP contribution in [0.15, 0.2) is 324 Å². The number of nitrogens with zero attached hydrogens (tertiary/aromatic N) is 8. The molecule has 0 bridgehead atoms. The zero-order chi connectivity index (χ0) is 62.5. The number of fused-ring (bicyclic) bond motifs is 10. The summed E-state index contributed by atoms with van der Waals surface area (Å²) in [5.74, 6) is 0. The predicted octanol–water partition coefficient (Wildman–Crippen LogP) is 22.0. The number of benzene rings is 14. The molecule has 0 radical (unpaired) electrons. The monoisotopic (exact) mass is 1250 g/mol. The lowest BCUT2D eigenvalue weighted by atomic mass is 9.96. The lowest BCUT2D eigenvalue weighted by molar-refractivity contribution is 0.602. The lowest BCUT2D eigenvalue weighted by Gasteiger charge is -2.27. The minimum Gasteiger partial charge on any atom is -0.443 e. The molecule has 446 valence electrons. The van der Waals surface area contributed by atoms with Crippen LogP contribution in [0.2, 0.25) is 0 Å². The Kier molecular flexibility index (Phi) is 12.8. The summed E-state index contributed by atoms with van der Waals surface area (Å²) in [4.78, 5) is 21.0. The Hall–Kier alpha value is -12.2. The molecule has 0 spiro atoms. The molecule has 0 amide bonds. The number of anilines is 6. The zero-order valence-corrected chi connectivity index (χ0v) is 52.5. The SMILES string of the molecule is c1ccc(-c2cc(-c3ccccc3)cc(N(c3cccc(-n4nc5ccc(-c6cccc7c6sc6ccccc67)cc5n4)c3)c3ccc4c(c3)sc3cc(N(c5ccc(C6N=c7ccccc7=N6)cc5)c5cc(-c6ccc7ncoc7c6)c6ccccc6c5)ccc34)c2)cc1. The molecule has 11 heteroatoms. The van der Waals surface area contributed by atoms with Crippen LogP contribution in [0.25, 0.3) is 123 Å². The maximum absolute atomic E-state index is 5.87. The van der Waals surface area contributed by atoms with Gasteiger partial charge in [0, 0.05) is 74.5 Å². The first-order chi connectivity index (χ1) is 47.0. The predicted molar refractivity (Wildman–Crippen MR) is 392 cm³/mol. The van der Waals surface area contributed by atoms with Crippen LogP contribution in [0, 0.1) is 0 Å². The highest BCUT2D eigenvalue weighted by atomic mass is 32.1. The van der Waals surface area contributed by atoms with Crippen molar-refractivity contribution < 1.29 is 4.42 Å². The molecule has 18 aromatic rings. The maximum atomic E-state index is 5.87. The van der Waals surface area contributed by atoms with E-state index in [2.05, 4.69) is 288 Å². The fourth-order valence-corrected chi connectivity index (χ4v) is 16.2. The van der Waals surface area contributed by atoms with Crippen molar-refractivity contribution in [1.29, 1.82) is 0 Å². The third-order valence-corrected chi connectivity index (χ3v) is 20.7. The van der Waals surface area contributed by atoms with E-state index in [-0.39, 0.29) is 6.17 Å². The van der Waals surface area contributed by atoms with Gasteiger partial charge in [-0.25, -0.2) is 4.98 Å². The maximum Gasteiger partial charge on any atom is 0.181 e. The first kappa shape index (κ1) is 54.6. The summed E-state index contributed by atoms with van der Waals surface area (Å²) in [5, 5.41) is 19.4. The Morgan fingerprint density at radius 1 is 0.337 bits per heavy atom. The van der Waals surface area contributed by atoms with E-state index in [1.54, 1.807) is 4.80 Å². The minimum atomic E-state index is -0.310. The summed E-state index contributed by atoms with van der Waals surface area (Å²) in [5.41, 5.74) is 20.1. The van der Waals surface area contributed by atoms with Crippen molar-refractivity contribution in [2.24, 2.45) is 9.98 Å². The van der Waals surface area contributed by atoms with Crippen LogP contribution in [0.4, 0.5) is 34.1 Å². The molecule has 1 aliphatic rings. The number of hydrogen-bond donors (Lipinski definition) is 0. The topological polar surface area (TPSA) is 87.9 Å². The molecule has 0 saturated heterocycles. The minimum absolute atomic E-state index is 0.310. The van der Waals surface area contributed by atoms with Gasteiger partial charge < -0.3 is 14.2 Å². The van der Waals surface area contributed by atoms with Crippen LogP contribution in [-0.2, 0) is 0 Å². The average molecular weight is 1250 g/mol. The Balaban J connectivity index is 0.746. The standard InChI is InChI=1S/C84H52N8OS2/c1-3-15-52(16-4-1)58-41-59(53-17-5-2-6-18-53)44-65(43-58)91(61-20-13-21-64(47-61)92-88-76-39-31-56(45-78(76)89-92)68-24-14-25-72-69-23-9-12-28-80(69)95-83(68)72)63-36-38-71-70-37-35-62(49-81(70)94-82(71)50-63)90(60-33-29-54(30-34-60)84-86-74-26-10-11-27-75(74)87-84)66-42-55-19-7-8-22-67(55)73(48-66)57-32-40-77-79(46-57)93-51-85-77/h1-51,84H. The number of rotatable bonds is 12. The second kappa shape index (κ2) is 22.3. The van der Waals surface area contributed by atoms with E-state index in [0.717, 1.165) is 133 Å². The fourth-order valence-electron chi connectivity index (χ4n) is 13.8. The molecule has 9 nitrogen and oxygen atoms in total. The van der Waals surface area contributed by atoms with Crippen molar-refractivity contribution in [2.75, 3.05) is 9.80 Å². The van der Waals surface area contributed by atoms with Gasteiger partial charge >= 0.3 is 0 Å². The Labute approximate surface area is 553 Å². The van der Waals surface area contributed by atoms with Crippen LogP contribution < -0.4 is 20.5 Å². The molecule has 0 atom stereocenters. The van der Waals surface area contributed by atoms with Gasteiger partial charge in [0.2, 0.25) is 0 Å². The van der Waals surface area contributed by atoms with Crippen LogP contribution in [0.5, 0.6) is 0 Å². The van der Waals surface area contributed by atoms with Crippen LogP contribution >= 0.6 is 22.7 Å². The quantitative estimate of drug-likeness (QED) is 0.121. The summed E-state index contributed by atoms with van der Waals surface area (Å²) in [6.07, 6.45) is 1.20. The summed E-state index contributed by atoms with van der Waals surface area (Å²) in [6.45, 7) is 0. The first-order valence-electron chi connectivity index (χ1n) is 31.7. The van der Waals surface area contributed by atoms with Gasteiger partial charge in [-0.1, -0.05) is 176 Å². The Bertz CT molecular complexity index is 6120. The molecule has 0 unspecified atom stereocenters. The first-order valence-corrected chi connectivity index (χ1v) is 33.3. The van der Waals surface area contributed by atoms with Gasteiger partial charge in [0.25, 0.3) is 0 Å². The smallest absolute Gasteiger partial charge is 0.181 e. The molecule has 0 N–H and O–H groups in total. The summed E-state index contributed by atoms with van der Waals surface area (Å²) < 4.78 is 10.8. The normalized spacial score (nSPS) is 12.3. The number of aromatic nitrogens is 4. The van der Waals surface area contributed by atoms with E-state index in [9.17, 15) is 0 Å². The summed E-state index contributed by atoms with van der Waals surface area (Å²) in [6, 6.07) is 109. The third-order valence-electron chi connectivity index (χ3n) is 18.4. The molecular weight excluding hydrogens is 1200 g/mol. The molecule has 1 aliphatic heterocycles. The van der Waals surface area contributed by atoms with E-state index in [4.69, 9.17) is 24.6 Å². The molecule has 19 rings (SSSR count). The number of oxazole rings is 1. The van der Waals surface area contributed by atoms with Crippen molar-refractivity contribution in [3.05, 3.63) is 326 Å². The van der Waals surface area contributed by atoms with Crippen LogP contribution in [0.3, 0.4) is 0 Å². The molecular formula is C84H52N8OS2. The van der Waals surface area contributed by atoms with Crippen molar-refractivity contribution in [1.82, 2.24) is 20.0 Å². The molecule has 14 aromatic carbocycles. The molecule has 5 heterocycles. The van der Waals surface area contributed by atoms with E-state index >= 15 is 0 Å². The molecule has 0 saturated carbocycles. The van der Waals surface area contributed by atoms with E-state index in [0.29, 0.717) is 0 Å². The van der Waals surface area contributed by atoms with Crippen molar-refractivity contribution in [3.63, 3.8) is 0 Å². The van der Waals surface area contributed by atoms with Gasteiger partial charge in [-0.3, -0.25) is 9.98 Å². The van der Waals surface area contributed by atoms with Gasteiger partial charge in [0.15, 0.2) is 18.1 Å². The highest BCUT2D eigenvalue weighted by molar-refractivity contribution is 7.26. The van der Waals surface area contributed by atoms with Crippen LogP contribution in [0.1, 0.15) is 11.7 Å². The van der Waals surface area contributed by atoms with Crippen molar-refractivity contribution in [3.8, 4) is 50.2 Å². The van der Waals surface area contributed by atoms with Gasteiger partial charge in [-0.15, -0.1) is 32.9 Å². The second-order valence-electron chi connectivity index (χ2n) is 24.1. The molecule has 0 aliphatic carbocycles. The molecule has 4 aromatic heterocycles. The Morgan fingerprint density at radius 2 is 0.926 bits per heavy atom. The number of para-hydroxylation sites is 2. The van der Waals surface area contributed by atoms with Crippen LogP contribution in [-0.4, -0.2) is 20.0 Å².